The maximum Gasteiger partial charge on any atom is 0.303 e. The first kappa shape index (κ1) is 15.6. The molecular weight excluding hydrogens is 264 g/mol. The van der Waals surface area contributed by atoms with Gasteiger partial charge in [0.2, 0.25) is 0 Å². The number of hydrogen-bond acceptors (Lipinski definition) is 4. The summed E-state index contributed by atoms with van der Waals surface area (Å²) in [6.07, 6.45) is 2.42. The van der Waals surface area contributed by atoms with Crippen LogP contribution in [0.2, 0.25) is 0 Å². The Morgan fingerprint density at radius 2 is 2.16 bits per heavy atom. The Bertz CT molecular complexity index is 443. The number of thiazole rings is 1. The van der Waals surface area contributed by atoms with Crippen LogP contribution < -0.4 is 5.32 Å². The third-order valence-electron chi connectivity index (χ3n) is 2.66. The molecule has 0 spiro atoms. The molecule has 1 aromatic rings. The standard InChI is InChI=1S/C13H20N2O3S/c1-8(2)4-10(5-12(16)17)6-15-13(18)11-7-14-9(3)19-11/h7-8,10H,4-6H2,1-3H3,(H,15,18)(H,16,17)/t10-/m0/s1. The van der Waals surface area contributed by atoms with Crippen LogP contribution >= 0.6 is 11.3 Å². The van der Waals surface area contributed by atoms with Crippen molar-refractivity contribution in [1.29, 1.82) is 0 Å². The van der Waals surface area contributed by atoms with Gasteiger partial charge in [-0.25, -0.2) is 4.98 Å². The normalized spacial score (nSPS) is 12.4. The lowest BCUT2D eigenvalue weighted by molar-refractivity contribution is -0.138. The summed E-state index contributed by atoms with van der Waals surface area (Å²) in [6, 6.07) is 0. The maximum atomic E-state index is 11.8. The summed E-state index contributed by atoms with van der Waals surface area (Å²) in [5, 5.41) is 12.5. The fourth-order valence-electron chi connectivity index (χ4n) is 1.94. The molecule has 1 aromatic heterocycles. The Balaban J connectivity index is 2.50. The summed E-state index contributed by atoms with van der Waals surface area (Å²) < 4.78 is 0. The van der Waals surface area contributed by atoms with Crippen LogP contribution in [0.5, 0.6) is 0 Å². The fraction of sp³-hybridized carbons (Fsp3) is 0.615. The van der Waals surface area contributed by atoms with Gasteiger partial charge in [-0.05, 0) is 25.2 Å². The Hall–Kier alpha value is -1.43. The van der Waals surface area contributed by atoms with Crippen molar-refractivity contribution in [3.05, 3.63) is 16.1 Å². The minimum absolute atomic E-state index is 0.0320. The van der Waals surface area contributed by atoms with Crippen molar-refractivity contribution in [2.24, 2.45) is 11.8 Å². The summed E-state index contributed by atoms with van der Waals surface area (Å²) in [5.41, 5.74) is 0. The van der Waals surface area contributed by atoms with Gasteiger partial charge in [0.1, 0.15) is 4.88 Å². The lowest BCUT2D eigenvalue weighted by Crippen LogP contribution is -2.30. The van der Waals surface area contributed by atoms with Crippen molar-refractivity contribution in [2.45, 2.75) is 33.6 Å². The van der Waals surface area contributed by atoms with Crippen LogP contribution in [0.4, 0.5) is 0 Å². The molecule has 0 aromatic carbocycles. The molecule has 1 rings (SSSR count). The van der Waals surface area contributed by atoms with Gasteiger partial charge in [-0.2, -0.15) is 0 Å². The second-order valence-electron chi connectivity index (χ2n) is 5.05. The summed E-state index contributed by atoms with van der Waals surface area (Å²) in [4.78, 5) is 27.2. The molecule has 0 fully saturated rings. The van der Waals surface area contributed by atoms with Crippen LogP contribution in [0.25, 0.3) is 0 Å². The lowest BCUT2D eigenvalue weighted by atomic mass is 9.94. The number of carbonyl (C=O) groups is 2. The number of rotatable bonds is 7. The molecule has 0 bridgehead atoms. The van der Waals surface area contributed by atoms with Crippen molar-refractivity contribution < 1.29 is 14.7 Å². The van der Waals surface area contributed by atoms with Gasteiger partial charge in [-0.1, -0.05) is 13.8 Å². The fourth-order valence-corrected chi connectivity index (χ4v) is 2.64. The second-order valence-corrected chi connectivity index (χ2v) is 6.28. The summed E-state index contributed by atoms with van der Waals surface area (Å²) >= 11 is 1.34. The van der Waals surface area contributed by atoms with E-state index in [1.165, 1.54) is 11.3 Å². The molecule has 0 radical (unpaired) electrons. The van der Waals surface area contributed by atoms with Crippen molar-refractivity contribution >= 4 is 23.2 Å². The van der Waals surface area contributed by atoms with E-state index in [1.54, 1.807) is 6.20 Å². The molecule has 6 heteroatoms. The minimum Gasteiger partial charge on any atom is -0.481 e. The number of aryl methyl sites for hydroxylation is 1. The van der Waals surface area contributed by atoms with Crippen molar-refractivity contribution in [3.63, 3.8) is 0 Å². The van der Waals surface area contributed by atoms with Gasteiger partial charge in [0.05, 0.1) is 11.2 Å². The highest BCUT2D eigenvalue weighted by atomic mass is 32.1. The van der Waals surface area contributed by atoms with Crippen LogP contribution in [0.3, 0.4) is 0 Å². The topological polar surface area (TPSA) is 79.3 Å². The van der Waals surface area contributed by atoms with Crippen LogP contribution in [0.1, 0.15) is 41.4 Å². The van der Waals surface area contributed by atoms with E-state index >= 15 is 0 Å². The number of aliphatic carboxylic acids is 1. The van der Waals surface area contributed by atoms with E-state index < -0.39 is 5.97 Å². The number of amides is 1. The van der Waals surface area contributed by atoms with E-state index in [4.69, 9.17) is 5.11 Å². The summed E-state index contributed by atoms with van der Waals surface area (Å²) in [6.45, 7) is 6.32. The number of nitrogens with zero attached hydrogens (tertiary/aromatic N) is 1. The minimum atomic E-state index is -0.825. The monoisotopic (exact) mass is 284 g/mol. The number of hydrogen-bond donors (Lipinski definition) is 2. The van der Waals surface area contributed by atoms with Crippen molar-refractivity contribution in [2.75, 3.05) is 6.54 Å². The molecule has 0 saturated heterocycles. The van der Waals surface area contributed by atoms with E-state index in [9.17, 15) is 9.59 Å². The van der Waals surface area contributed by atoms with Gasteiger partial charge in [0, 0.05) is 13.0 Å². The molecule has 0 aliphatic heterocycles. The molecule has 0 aliphatic carbocycles. The molecule has 1 amide bonds. The number of nitrogens with one attached hydrogen (secondary N) is 1. The highest BCUT2D eigenvalue weighted by molar-refractivity contribution is 7.13. The molecule has 0 saturated carbocycles. The number of aromatic nitrogens is 1. The van der Waals surface area contributed by atoms with Crippen LogP contribution in [-0.2, 0) is 4.79 Å². The molecule has 19 heavy (non-hydrogen) atoms. The van der Waals surface area contributed by atoms with E-state index in [0.29, 0.717) is 17.3 Å². The van der Waals surface area contributed by atoms with Crippen LogP contribution in [0.15, 0.2) is 6.20 Å². The van der Waals surface area contributed by atoms with E-state index in [1.807, 2.05) is 20.8 Å². The Morgan fingerprint density at radius 1 is 1.47 bits per heavy atom. The van der Waals surface area contributed by atoms with Crippen molar-refractivity contribution in [1.82, 2.24) is 10.3 Å². The largest absolute Gasteiger partial charge is 0.481 e. The third-order valence-corrected chi connectivity index (χ3v) is 3.58. The zero-order valence-electron chi connectivity index (χ0n) is 11.5. The van der Waals surface area contributed by atoms with Gasteiger partial charge in [0.15, 0.2) is 0 Å². The zero-order valence-corrected chi connectivity index (χ0v) is 12.3. The Kier molecular flexibility index (Phi) is 5.95. The average molecular weight is 284 g/mol. The highest BCUT2D eigenvalue weighted by Crippen LogP contribution is 2.16. The first-order valence-electron chi connectivity index (χ1n) is 6.31. The summed E-state index contributed by atoms with van der Waals surface area (Å²) in [7, 11) is 0. The smallest absolute Gasteiger partial charge is 0.303 e. The molecule has 106 valence electrons. The van der Waals surface area contributed by atoms with Gasteiger partial charge in [0.25, 0.3) is 5.91 Å². The van der Waals surface area contributed by atoms with Gasteiger partial charge >= 0.3 is 5.97 Å². The van der Waals surface area contributed by atoms with E-state index in [0.717, 1.165) is 11.4 Å². The molecule has 1 atom stereocenters. The van der Waals surface area contributed by atoms with Gasteiger partial charge < -0.3 is 10.4 Å². The lowest BCUT2D eigenvalue weighted by Gasteiger charge is -2.17. The first-order chi connectivity index (χ1) is 8.88. The predicted octanol–water partition coefficient (Wildman–Crippen LogP) is 2.32. The molecule has 1 heterocycles. The Morgan fingerprint density at radius 3 is 2.63 bits per heavy atom. The van der Waals surface area contributed by atoms with Crippen LogP contribution in [0, 0.1) is 18.8 Å². The van der Waals surface area contributed by atoms with Crippen LogP contribution in [-0.4, -0.2) is 28.5 Å². The number of carboxylic acids is 1. The Labute approximate surface area is 117 Å². The number of carbonyl (C=O) groups excluding carboxylic acids is 1. The van der Waals surface area contributed by atoms with Gasteiger partial charge in [-0.15, -0.1) is 11.3 Å². The third kappa shape index (κ3) is 5.83. The molecule has 0 unspecified atom stereocenters. The maximum absolute atomic E-state index is 11.8. The predicted molar refractivity (Wildman–Crippen MR) is 74.4 cm³/mol. The molecular formula is C13H20N2O3S. The second kappa shape index (κ2) is 7.23. The first-order valence-corrected chi connectivity index (χ1v) is 7.12. The zero-order chi connectivity index (χ0) is 14.4. The highest BCUT2D eigenvalue weighted by Gasteiger charge is 2.17. The molecule has 0 aliphatic rings. The van der Waals surface area contributed by atoms with E-state index in [2.05, 4.69) is 10.3 Å². The van der Waals surface area contributed by atoms with E-state index in [-0.39, 0.29) is 18.2 Å². The molecule has 5 nitrogen and oxygen atoms in total. The quantitative estimate of drug-likeness (QED) is 0.805. The van der Waals surface area contributed by atoms with Crippen molar-refractivity contribution in [3.8, 4) is 0 Å². The molecule has 2 N–H and O–H groups in total. The van der Waals surface area contributed by atoms with Gasteiger partial charge in [-0.3, -0.25) is 9.59 Å². The number of carboxylic acid groups (broad SMARTS) is 1. The summed E-state index contributed by atoms with van der Waals surface area (Å²) in [5.74, 6) is -0.624. The average Bonchev–Trinajstić information content (AvgIpc) is 2.71. The SMILES string of the molecule is Cc1ncc(C(=O)NC[C@H](CC(=O)O)CC(C)C)s1.